The minimum atomic E-state index is -3.79. The third-order valence-electron chi connectivity index (χ3n) is 3.23. The van der Waals surface area contributed by atoms with Crippen molar-refractivity contribution in [2.24, 2.45) is 11.1 Å². The Morgan fingerprint density at radius 3 is 2.90 bits per heavy atom. The van der Waals surface area contributed by atoms with Crippen LogP contribution in [0, 0.1) is 5.92 Å². The molecule has 0 unspecified atom stereocenters. The smallest absolute Gasteiger partial charge is 0.251 e. The van der Waals surface area contributed by atoms with Crippen molar-refractivity contribution in [3.05, 3.63) is 29.8 Å². The number of carbonyl (C=O) groups is 1. The van der Waals surface area contributed by atoms with Crippen molar-refractivity contribution >= 4 is 15.9 Å². The van der Waals surface area contributed by atoms with E-state index in [1.54, 1.807) is 6.07 Å². The first-order chi connectivity index (χ1) is 9.47. The van der Waals surface area contributed by atoms with Crippen LogP contribution in [0.4, 0.5) is 0 Å². The van der Waals surface area contributed by atoms with Gasteiger partial charge in [0.15, 0.2) is 0 Å². The van der Waals surface area contributed by atoms with Gasteiger partial charge in [-0.1, -0.05) is 6.07 Å². The lowest BCUT2D eigenvalue weighted by Crippen LogP contribution is -2.33. The van der Waals surface area contributed by atoms with E-state index < -0.39 is 10.0 Å². The van der Waals surface area contributed by atoms with E-state index >= 15 is 0 Å². The number of sulfonamides is 1. The number of carbonyl (C=O) groups excluding carboxylic acids is 1. The summed E-state index contributed by atoms with van der Waals surface area (Å²) in [5.74, 6) is 0.00944. The van der Waals surface area contributed by atoms with Crippen LogP contribution in [-0.2, 0) is 14.8 Å². The number of ether oxygens (including phenoxy) is 1. The summed E-state index contributed by atoms with van der Waals surface area (Å²) in [5.41, 5.74) is 0.285. The molecule has 0 bridgehead atoms. The summed E-state index contributed by atoms with van der Waals surface area (Å²) >= 11 is 0. The molecule has 6 nitrogen and oxygen atoms in total. The molecule has 0 aliphatic carbocycles. The summed E-state index contributed by atoms with van der Waals surface area (Å²) in [6, 6.07) is 5.70. The molecular weight excluding hydrogens is 280 g/mol. The van der Waals surface area contributed by atoms with Crippen molar-refractivity contribution in [3.63, 3.8) is 0 Å². The SMILES string of the molecule is NS(=O)(=O)c1cccc(C(=O)NC[C@H]2CCCOC2)c1. The molecule has 1 heterocycles. The Hall–Kier alpha value is -1.44. The van der Waals surface area contributed by atoms with Crippen molar-refractivity contribution in [1.82, 2.24) is 5.32 Å². The monoisotopic (exact) mass is 298 g/mol. The van der Waals surface area contributed by atoms with Gasteiger partial charge in [0.25, 0.3) is 5.91 Å². The van der Waals surface area contributed by atoms with E-state index in [0.717, 1.165) is 19.4 Å². The maximum Gasteiger partial charge on any atom is 0.251 e. The summed E-state index contributed by atoms with van der Waals surface area (Å²) in [5, 5.41) is 7.83. The van der Waals surface area contributed by atoms with Gasteiger partial charge in [-0.2, -0.15) is 0 Å². The first-order valence-electron chi connectivity index (χ1n) is 6.45. The van der Waals surface area contributed by atoms with Gasteiger partial charge in [-0.15, -0.1) is 0 Å². The van der Waals surface area contributed by atoms with Gasteiger partial charge in [-0.05, 0) is 37.0 Å². The number of primary sulfonamides is 1. The van der Waals surface area contributed by atoms with E-state index in [0.29, 0.717) is 19.1 Å². The first-order valence-corrected chi connectivity index (χ1v) is 8.00. The molecule has 1 aliphatic rings. The van der Waals surface area contributed by atoms with Crippen LogP contribution in [0.3, 0.4) is 0 Å². The van der Waals surface area contributed by atoms with Gasteiger partial charge < -0.3 is 10.1 Å². The van der Waals surface area contributed by atoms with Crippen LogP contribution >= 0.6 is 0 Å². The second-order valence-corrected chi connectivity index (χ2v) is 6.43. The van der Waals surface area contributed by atoms with Gasteiger partial charge in [0.05, 0.1) is 11.5 Å². The van der Waals surface area contributed by atoms with Crippen molar-refractivity contribution in [3.8, 4) is 0 Å². The van der Waals surface area contributed by atoms with Gasteiger partial charge >= 0.3 is 0 Å². The van der Waals surface area contributed by atoms with Gasteiger partial charge in [-0.3, -0.25) is 4.79 Å². The lowest BCUT2D eigenvalue weighted by Gasteiger charge is -2.22. The van der Waals surface area contributed by atoms with E-state index in [2.05, 4.69) is 5.32 Å². The molecule has 3 N–H and O–H groups in total. The van der Waals surface area contributed by atoms with Crippen LogP contribution in [0.15, 0.2) is 29.2 Å². The minimum absolute atomic E-state index is 0.0638. The van der Waals surface area contributed by atoms with Gasteiger partial charge in [0.1, 0.15) is 0 Å². The molecule has 2 rings (SSSR count). The molecule has 7 heteroatoms. The van der Waals surface area contributed by atoms with Crippen molar-refractivity contribution < 1.29 is 17.9 Å². The molecule has 110 valence electrons. The first kappa shape index (κ1) is 15.0. The summed E-state index contributed by atoms with van der Waals surface area (Å²) in [6.45, 7) is 1.96. The van der Waals surface area contributed by atoms with Crippen LogP contribution in [0.2, 0.25) is 0 Å². The molecule has 1 aliphatic heterocycles. The molecule has 0 radical (unpaired) electrons. The van der Waals surface area contributed by atoms with Crippen molar-refractivity contribution in [2.75, 3.05) is 19.8 Å². The van der Waals surface area contributed by atoms with E-state index in [4.69, 9.17) is 9.88 Å². The lowest BCUT2D eigenvalue weighted by molar-refractivity contribution is 0.0536. The molecule has 1 aromatic carbocycles. The Balaban J connectivity index is 1.98. The topological polar surface area (TPSA) is 98.5 Å². The maximum atomic E-state index is 12.0. The predicted octanol–water partition coefficient (Wildman–Crippen LogP) is 0.490. The molecule has 1 atom stereocenters. The third kappa shape index (κ3) is 4.03. The highest BCUT2D eigenvalue weighted by Gasteiger charge is 2.16. The largest absolute Gasteiger partial charge is 0.381 e. The second kappa shape index (κ2) is 6.34. The molecule has 0 saturated carbocycles. The van der Waals surface area contributed by atoms with Crippen molar-refractivity contribution in [2.45, 2.75) is 17.7 Å². The van der Waals surface area contributed by atoms with Gasteiger partial charge in [0, 0.05) is 18.7 Å². The fourth-order valence-electron chi connectivity index (χ4n) is 2.12. The highest BCUT2D eigenvalue weighted by molar-refractivity contribution is 7.89. The van der Waals surface area contributed by atoms with Crippen LogP contribution in [0.25, 0.3) is 0 Å². The van der Waals surface area contributed by atoms with E-state index in [1.165, 1.54) is 18.2 Å². The normalized spacial score (nSPS) is 19.6. The lowest BCUT2D eigenvalue weighted by atomic mass is 10.0. The quantitative estimate of drug-likeness (QED) is 0.845. The number of benzene rings is 1. The fraction of sp³-hybridized carbons (Fsp3) is 0.462. The molecule has 1 saturated heterocycles. The third-order valence-corrected chi connectivity index (χ3v) is 4.14. The average molecular weight is 298 g/mol. The van der Waals surface area contributed by atoms with Crippen LogP contribution in [0.1, 0.15) is 23.2 Å². The zero-order valence-corrected chi connectivity index (χ0v) is 11.9. The Morgan fingerprint density at radius 1 is 1.45 bits per heavy atom. The van der Waals surface area contributed by atoms with Crippen LogP contribution < -0.4 is 10.5 Å². The van der Waals surface area contributed by atoms with Gasteiger partial charge in [-0.25, -0.2) is 13.6 Å². The number of amides is 1. The fourth-order valence-corrected chi connectivity index (χ4v) is 2.68. The highest BCUT2D eigenvalue weighted by atomic mass is 32.2. The molecule has 0 spiro atoms. The average Bonchev–Trinajstić information content (AvgIpc) is 2.45. The van der Waals surface area contributed by atoms with Crippen LogP contribution in [0.5, 0.6) is 0 Å². The summed E-state index contributed by atoms with van der Waals surface area (Å²) in [6.07, 6.45) is 2.03. The van der Waals surface area contributed by atoms with Crippen LogP contribution in [-0.4, -0.2) is 34.1 Å². The zero-order chi connectivity index (χ0) is 14.6. The summed E-state index contributed by atoms with van der Waals surface area (Å²) in [4.78, 5) is 11.9. The standard InChI is InChI=1S/C13H18N2O4S/c14-20(17,18)12-5-1-4-11(7-12)13(16)15-8-10-3-2-6-19-9-10/h1,4-5,7,10H,2-3,6,8-9H2,(H,15,16)(H2,14,17,18)/t10-/m1/s1. The summed E-state index contributed by atoms with van der Waals surface area (Å²) < 4.78 is 27.8. The Labute approximate surface area is 118 Å². The number of nitrogens with one attached hydrogen (secondary N) is 1. The molecule has 1 fully saturated rings. The highest BCUT2D eigenvalue weighted by Crippen LogP contribution is 2.13. The number of rotatable bonds is 4. The molecule has 1 aromatic rings. The summed E-state index contributed by atoms with van der Waals surface area (Å²) in [7, 11) is -3.79. The Morgan fingerprint density at radius 2 is 2.25 bits per heavy atom. The zero-order valence-electron chi connectivity index (χ0n) is 11.0. The molecule has 0 aromatic heterocycles. The molecule has 1 amide bonds. The van der Waals surface area contributed by atoms with E-state index in [-0.39, 0.29) is 16.4 Å². The van der Waals surface area contributed by atoms with Crippen molar-refractivity contribution in [1.29, 1.82) is 0 Å². The molecular formula is C13H18N2O4S. The van der Waals surface area contributed by atoms with E-state index in [1.807, 2.05) is 0 Å². The Kier molecular flexibility index (Phi) is 4.74. The van der Waals surface area contributed by atoms with Gasteiger partial charge in [0.2, 0.25) is 10.0 Å². The number of nitrogens with two attached hydrogens (primary N) is 1. The minimum Gasteiger partial charge on any atom is -0.381 e. The second-order valence-electron chi connectivity index (χ2n) is 4.87. The maximum absolute atomic E-state index is 12.0. The predicted molar refractivity (Wildman–Crippen MR) is 73.7 cm³/mol. The van der Waals surface area contributed by atoms with E-state index in [9.17, 15) is 13.2 Å². The number of hydrogen-bond donors (Lipinski definition) is 2. The Bertz CT molecular complexity index is 580. The molecule has 20 heavy (non-hydrogen) atoms. The number of hydrogen-bond acceptors (Lipinski definition) is 4.